The summed E-state index contributed by atoms with van der Waals surface area (Å²) in [4.78, 5) is 8.01. The van der Waals surface area contributed by atoms with Crippen molar-refractivity contribution in [3.05, 3.63) is 42.0 Å². The third kappa shape index (κ3) is 2.37. The highest BCUT2D eigenvalue weighted by molar-refractivity contribution is 5.64. The highest BCUT2D eigenvalue weighted by Crippen LogP contribution is 2.21. The maximum atomic E-state index is 13.3. The minimum absolute atomic E-state index is 0.268. The van der Waals surface area contributed by atoms with Crippen LogP contribution in [0.5, 0.6) is 0 Å². The fraction of sp³-hybridized carbons (Fsp3) is 0.0833. The zero-order valence-electron chi connectivity index (χ0n) is 9.11. The average molecular weight is 228 g/mol. The van der Waals surface area contributed by atoms with E-state index in [1.165, 1.54) is 18.5 Å². The van der Waals surface area contributed by atoms with Crippen molar-refractivity contribution in [2.45, 2.75) is 0 Å². The summed E-state index contributed by atoms with van der Waals surface area (Å²) in [5.74, 6) is 0.182. The molecule has 17 heavy (non-hydrogen) atoms. The molecule has 0 aliphatic carbocycles. The van der Waals surface area contributed by atoms with Crippen LogP contribution in [0.25, 0.3) is 11.3 Å². The molecule has 0 unspecified atom stereocenters. The molecular formula is C12H9FN4. The van der Waals surface area contributed by atoms with Crippen molar-refractivity contribution < 1.29 is 4.39 Å². The Hall–Kier alpha value is -2.48. The molecule has 1 N–H and O–H groups in total. The van der Waals surface area contributed by atoms with Crippen LogP contribution in [0.1, 0.15) is 5.56 Å². The average Bonchev–Trinajstić information content (AvgIpc) is 2.38. The van der Waals surface area contributed by atoms with Gasteiger partial charge >= 0.3 is 0 Å². The van der Waals surface area contributed by atoms with E-state index in [4.69, 9.17) is 5.26 Å². The van der Waals surface area contributed by atoms with Crippen LogP contribution in [0.15, 0.2) is 30.6 Å². The Bertz CT molecular complexity index is 589. The predicted octanol–water partition coefficient (Wildman–Crippen LogP) is 2.20. The van der Waals surface area contributed by atoms with Gasteiger partial charge in [0, 0.05) is 18.7 Å². The van der Waals surface area contributed by atoms with Gasteiger partial charge < -0.3 is 5.32 Å². The maximum absolute atomic E-state index is 13.3. The predicted molar refractivity (Wildman–Crippen MR) is 61.7 cm³/mol. The van der Waals surface area contributed by atoms with E-state index in [2.05, 4.69) is 15.3 Å². The highest BCUT2D eigenvalue weighted by Gasteiger charge is 2.05. The van der Waals surface area contributed by atoms with E-state index in [1.54, 1.807) is 19.2 Å². The number of aromatic nitrogens is 2. The second kappa shape index (κ2) is 4.58. The van der Waals surface area contributed by atoms with Crippen LogP contribution in [0.4, 0.5) is 10.2 Å². The molecule has 2 aromatic rings. The summed E-state index contributed by atoms with van der Waals surface area (Å²) >= 11 is 0. The van der Waals surface area contributed by atoms with Crippen molar-refractivity contribution >= 4 is 5.82 Å². The molecule has 2 rings (SSSR count). The fourth-order valence-corrected chi connectivity index (χ4v) is 1.45. The summed E-state index contributed by atoms with van der Waals surface area (Å²) in [6.45, 7) is 0. The lowest BCUT2D eigenvalue weighted by Crippen LogP contribution is -1.94. The first-order chi connectivity index (χ1) is 8.22. The first-order valence-corrected chi connectivity index (χ1v) is 4.94. The van der Waals surface area contributed by atoms with Gasteiger partial charge in [0.2, 0.25) is 0 Å². The molecule has 0 bridgehead atoms. The molecule has 0 saturated carbocycles. The second-order valence-electron chi connectivity index (χ2n) is 3.38. The largest absolute Gasteiger partial charge is 0.373 e. The van der Waals surface area contributed by atoms with Crippen molar-refractivity contribution in [3.63, 3.8) is 0 Å². The van der Waals surface area contributed by atoms with Crippen LogP contribution in [-0.2, 0) is 0 Å². The molecule has 1 aromatic heterocycles. The number of nitriles is 1. The maximum Gasteiger partial charge on any atom is 0.129 e. The lowest BCUT2D eigenvalue weighted by atomic mass is 10.1. The Morgan fingerprint density at radius 2 is 2.06 bits per heavy atom. The van der Waals surface area contributed by atoms with Gasteiger partial charge in [0.1, 0.15) is 18.0 Å². The van der Waals surface area contributed by atoms with E-state index in [0.717, 1.165) is 0 Å². The number of anilines is 1. The van der Waals surface area contributed by atoms with Gasteiger partial charge in [-0.2, -0.15) is 5.26 Å². The van der Waals surface area contributed by atoms with Gasteiger partial charge in [0.25, 0.3) is 0 Å². The van der Waals surface area contributed by atoms with Gasteiger partial charge in [-0.15, -0.1) is 0 Å². The van der Waals surface area contributed by atoms with Crippen LogP contribution in [0.2, 0.25) is 0 Å². The van der Waals surface area contributed by atoms with Crippen molar-refractivity contribution in [3.8, 4) is 17.3 Å². The molecule has 0 aliphatic heterocycles. The zero-order valence-corrected chi connectivity index (χ0v) is 9.11. The smallest absolute Gasteiger partial charge is 0.129 e. The van der Waals surface area contributed by atoms with Crippen LogP contribution in [0.3, 0.4) is 0 Å². The van der Waals surface area contributed by atoms with E-state index in [0.29, 0.717) is 17.1 Å². The molecule has 4 nitrogen and oxygen atoms in total. The van der Waals surface area contributed by atoms with E-state index >= 15 is 0 Å². The van der Waals surface area contributed by atoms with E-state index in [9.17, 15) is 4.39 Å². The fourth-order valence-electron chi connectivity index (χ4n) is 1.45. The second-order valence-corrected chi connectivity index (χ2v) is 3.38. The molecule has 0 spiro atoms. The monoisotopic (exact) mass is 228 g/mol. The minimum atomic E-state index is -0.455. The number of halogens is 1. The summed E-state index contributed by atoms with van der Waals surface area (Å²) in [7, 11) is 1.73. The van der Waals surface area contributed by atoms with Crippen LogP contribution < -0.4 is 5.32 Å². The van der Waals surface area contributed by atoms with Gasteiger partial charge in [0.15, 0.2) is 0 Å². The highest BCUT2D eigenvalue weighted by atomic mass is 19.1. The molecule has 1 aromatic carbocycles. The summed E-state index contributed by atoms with van der Waals surface area (Å²) < 4.78 is 13.3. The third-order valence-corrected chi connectivity index (χ3v) is 2.25. The molecule has 0 saturated heterocycles. The lowest BCUT2D eigenvalue weighted by molar-refractivity contribution is 0.628. The molecule has 0 amide bonds. The van der Waals surface area contributed by atoms with Gasteiger partial charge in [-0.3, -0.25) is 0 Å². The first-order valence-electron chi connectivity index (χ1n) is 4.94. The molecule has 0 radical (unpaired) electrons. The Morgan fingerprint density at radius 3 is 2.76 bits per heavy atom. The van der Waals surface area contributed by atoms with Crippen molar-refractivity contribution in [2.75, 3.05) is 12.4 Å². The molecule has 1 heterocycles. The van der Waals surface area contributed by atoms with Gasteiger partial charge in [0.05, 0.1) is 17.3 Å². The van der Waals surface area contributed by atoms with Crippen LogP contribution in [0, 0.1) is 17.1 Å². The molecule has 0 aliphatic rings. The Kier molecular flexibility index (Phi) is 2.97. The van der Waals surface area contributed by atoms with E-state index < -0.39 is 5.82 Å². The topological polar surface area (TPSA) is 61.6 Å². The number of hydrogen-bond acceptors (Lipinski definition) is 4. The quantitative estimate of drug-likeness (QED) is 0.855. The summed E-state index contributed by atoms with van der Waals surface area (Å²) in [6.07, 6.45) is 1.39. The summed E-state index contributed by atoms with van der Waals surface area (Å²) in [5.41, 5.74) is 1.39. The van der Waals surface area contributed by atoms with Crippen molar-refractivity contribution in [1.29, 1.82) is 5.26 Å². The molecule has 5 heteroatoms. The van der Waals surface area contributed by atoms with Gasteiger partial charge in [-0.1, -0.05) is 0 Å². The molecule has 84 valence electrons. The van der Waals surface area contributed by atoms with Gasteiger partial charge in [-0.05, 0) is 18.2 Å². The summed E-state index contributed by atoms with van der Waals surface area (Å²) in [5, 5.41) is 11.6. The third-order valence-electron chi connectivity index (χ3n) is 2.25. The lowest BCUT2D eigenvalue weighted by Gasteiger charge is -2.04. The molecule has 0 atom stereocenters. The Labute approximate surface area is 97.8 Å². The van der Waals surface area contributed by atoms with E-state index in [-0.39, 0.29) is 5.56 Å². The van der Waals surface area contributed by atoms with Crippen LogP contribution in [-0.4, -0.2) is 17.0 Å². The standard InChI is InChI=1S/C12H9FN4/c1-15-12-5-11(16-7-17-12)9-2-8(6-14)3-10(13)4-9/h2-5,7H,1H3,(H,15,16,17). The number of nitrogens with zero attached hydrogens (tertiary/aromatic N) is 3. The number of rotatable bonds is 2. The Morgan fingerprint density at radius 1 is 1.24 bits per heavy atom. The SMILES string of the molecule is CNc1cc(-c2cc(F)cc(C#N)c2)ncn1. The first kappa shape index (κ1) is 11.0. The molecule has 0 fully saturated rings. The zero-order chi connectivity index (χ0) is 12.3. The number of benzene rings is 1. The normalized spacial score (nSPS) is 9.71. The summed E-state index contributed by atoms with van der Waals surface area (Å²) in [6, 6.07) is 7.71. The van der Waals surface area contributed by atoms with Crippen molar-refractivity contribution in [1.82, 2.24) is 9.97 Å². The number of nitrogens with one attached hydrogen (secondary N) is 1. The van der Waals surface area contributed by atoms with Crippen molar-refractivity contribution in [2.24, 2.45) is 0 Å². The Balaban J connectivity index is 2.52. The molecular weight excluding hydrogens is 219 g/mol. The number of hydrogen-bond donors (Lipinski definition) is 1. The minimum Gasteiger partial charge on any atom is -0.373 e. The van der Waals surface area contributed by atoms with Crippen LogP contribution >= 0.6 is 0 Å². The van der Waals surface area contributed by atoms with E-state index in [1.807, 2.05) is 6.07 Å². The van der Waals surface area contributed by atoms with Gasteiger partial charge in [-0.25, -0.2) is 14.4 Å².